The van der Waals surface area contributed by atoms with Crippen LogP contribution >= 0.6 is 0 Å². The first-order valence-corrected chi connectivity index (χ1v) is 8.02. The summed E-state index contributed by atoms with van der Waals surface area (Å²) < 4.78 is 27.5. The fourth-order valence-electron chi connectivity index (χ4n) is 2.39. The molecule has 0 saturated heterocycles. The van der Waals surface area contributed by atoms with Crippen molar-refractivity contribution in [3.05, 3.63) is 83.7 Å². The maximum Gasteiger partial charge on any atom is 0.257 e. The predicted molar refractivity (Wildman–Crippen MR) is 98.3 cm³/mol. The maximum atomic E-state index is 13.7. The summed E-state index contributed by atoms with van der Waals surface area (Å²) >= 11 is 0. The number of halogens is 2. The van der Waals surface area contributed by atoms with E-state index in [-0.39, 0.29) is 22.7 Å². The van der Waals surface area contributed by atoms with Gasteiger partial charge in [-0.1, -0.05) is 6.07 Å². The summed E-state index contributed by atoms with van der Waals surface area (Å²) in [5, 5.41) is 5.26. The smallest absolute Gasteiger partial charge is 0.257 e. The molecular formula is C20H15F2N3O2. The van der Waals surface area contributed by atoms with Gasteiger partial charge in [0.05, 0.1) is 17.4 Å². The second-order valence-electron chi connectivity index (χ2n) is 5.77. The largest absolute Gasteiger partial charge is 0.349 e. The molecule has 0 fully saturated rings. The van der Waals surface area contributed by atoms with Gasteiger partial charge in [0.1, 0.15) is 17.3 Å². The standard InChI is InChI=1S/C20H15F2N3O2/c1-12(26)13-5-7-15(8-6-13)25-20(27)14-9-16(11-23-10-14)24-19-17(21)3-2-4-18(19)22/h2-11,24H,1H3,(H,25,27). The zero-order chi connectivity index (χ0) is 19.4. The number of benzene rings is 2. The summed E-state index contributed by atoms with van der Waals surface area (Å²) in [7, 11) is 0. The van der Waals surface area contributed by atoms with E-state index < -0.39 is 17.5 Å². The lowest BCUT2D eigenvalue weighted by Gasteiger charge is -2.10. The highest BCUT2D eigenvalue weighted by Gasteiger charge is 2.11. The summed E-state index contributed by atoms with van der Waals surface area (Å²) in [6.45, 7) is 1.45. The van der Waals surface area contributed by atoms with Crippen molar-refractivity contribution in [1.82, 2.24) is 4.98 Å². The Labute approximate surface area is 154 Å². The third-order valence-electron chi connectivity index (χ3n) is 3.78. The molecule has 0 unspecified atom stereocenters. The fourth-order valence-corrected chi connectivity index (χ4v) is 2.39. The highest BCUT2D eigenvalue weighted by molar-refractivity contribution is 6.05. The Bertz CT molecular complexity index is 984. The first-order valence-electron chi connectivity index (χ1n) is 8.02. The third-order valence-corrected chi connectivity index (χ3v) is 3.78. The van der Waals surface area contributed by atoms with Gasteiger partial charge in [-0.05, 0) is 49.4 Å². The Hall–Kier alpha value is -3.61. The number of anilines is 3. The summed E-state index contributed by atoms with van der Waals surface area (Å²) in [4.78, 5) is 27.6. The van der Waals surface area contributed by atoms with Crippen LogP contribution < -0.4 is 10.6 Å². The van der Waals surface area contributed by atoms with Gasteiger partial charge in [-0.3, -0.25) is 14.6 Å². The van der Waals surface area contributed by atoms with Gasteiger partial charge < -0.3 is 10.6 Å². The van der Waals surface area contributed by atoms with Gasteiger partial charge >= 0.3 is 0 Å². The normalized spacial score (nSPS) is 10.3. The van der Waals surface area contributed by atoms with E-state index in [1.54, 1.807) is 24.3 Å². The molecule has 0 aliphatic rings. The van der Waals surface area contributed by atoms with Crippen LogP contribution in [-0.4, -0.2) is 16.7 Å². The molecule has 27 heavy (non-hydrogen) atoms. The van der Waals surface area contributed by atoms with Crippen molar-refractivity contribution in [1.29, 1.82) is 0 Å². The van der Waals surface area contributed by atoms with Crippen molar-refractivity contribution in [3.63, 3.8) is 0 Å². The summed E-state index contributed by atoms with van der Waals surface area (Å²) in [5.74, 6) is -2.03. The van der Waals surface area contributed by atoms with E-state index in [1.165, 1.54) is 31.5 Å². The number of ketones is 1. The highest BCUT2D eigenvalue weighted by Crippen LogP contribution is 2.23. The number of aromatic nitrogens is 1. The number of para-hydroxylation sites is 1. The SMILES string of the molecule is CC(=O)c1ccc(NC(=O)c2cncc(Nc3c(F)cccc3F)c2)cc1. The molecule has 0 bridgehead atoms. The monoisotopic (exact) mass is 367 g/mol. The first kappa shape index (κ1) is 18.2. The molecule has 2 aromatic carbocycles. The second kappa shape index (κ2) is 7.74. The van der Waals surface area contributed by atoms with Crippen LogP contribution in [0, 0.1) is 11.6 Å². The number of rotatable bonds is 5. The molecule has 7 heteroatoms. The lowest BCUT2D eigenvalue weighted by molar-refractivity contribution is 0.101. The Morgan fingerprint density at radius 1 is 0.889 bits per heavy atom. The van der Waals surface area contributed by atoms with Crippen LogP contribution in [0.2, 0.25) is 0 Å². The van der Waals surface area contributed by atoms with Crippen molar-refractivity contribution in [2.75, 3.05) is 10.6 Å². The Kier molecular flexibility index (Phi) is 5.21. The van der Waals surface area contributed by atoms with Crippen LogP contribution in [0.25, 0.3) is 0 Å². The van der Waals surface area contributed by atoms with E-state index in [2.05, 4.69) is 15.6 Å². The van der Waals surface area contributed by atoms with Gasteiger partial charge in [-0.2, -0.15) is 0 Å². The number of amides is 1. The number of carbonyl (C=O) groups excluding carboxylic acids is 2. The molecule has 3 rings (SSSR count). The van der Waals surface area contributed by atoms with Gasteiger partial charge in [0.25, 0.3) is 5.91 Å². The van der Waals surface area contributed by atoms with Crippen molar-refractivity contribution in [3.8, 4) is 0 Å². The number of hydrogen-bond acceptors (Lipinski definition) is 4. The van der Waals surface area contributed by atoms with Gasteiger partial charge in [-0.25, -0.2) is 8.78 Å². The summed E-state index contributed by atoms with van der Waals surface area (Å²) in [5.41, 5.74) is 1.18. The molecule has 0 spiro atoms. The number of pyridine rings is 1. The molecule has 3 aromatic rings. The predicted octanol–water partition coefficient (Wildman–Crippen LogP) is 4.56. The van der Waals surface area contributed by atoms with E-state index in [9.17, 15) is 18.4 Å². The van der Waals surface area contributed by atoms with Crippen molar-refractivity contribution < 1.29 is 18.4 Å². The molecule has 0 atom stereocenters. The molecule has 0 radical (unpaired) electrons. The minimum atomic E-state index is -0.754. The molecule has 1 heterocycles. The average Bonchev–Trinajstić information content (AvgIpc) is 2.65. The van der Waals surface area contributed by atoms with Gasteiger partial charge in [0.2, 0.25) is 0 Å². The number of nitrogens with one attached hydrogen (secondary N) is 2. The van der Waals surface area contributed by atoms with Gasteiger partial charge in [0, 0.05) is 17.4 Å². The Morgan fingerprint density at radius 2 is 1.56 bits per heavy atom. The van der Waals surface area contributed by atoms with Crippen LogP contribution in [0.3, 0.4) is 0 Å². The molecule has 0 aliphatic heterocycles. The molecular weight excluding hydrogens is 352 g/mol. The van der Waals surface area contributed by atoms with E-state index in [0.717, 1.165) is 12.1 Å². The van der Waals surface area contributed by atoms with Gasteiger partial charge in [-0.15, -0.1) is 0 Å². The molecule has 5 nitrogen and oxygen atoms in total. The molecule has 0 saturated carbocycles. The molecule has 1 amide bonds. The van der Waals surface area contributed by atoms with Crippen LogP contribution in [-0.2, 0) is 0 Å². The Morgan fingerprint density at radius 3 is 2.19 bits per heavy atom. The van der Waals surface area contributed by atoms with Gasteiger partial charge in [0.15, 0.2) is 5.78 Å². The number of hydrogen-bond donors (Lipinski definition) is 2. The summed E-state index contributed by atoms with van der Waals surface area (Å²) in [6.07, 6.45) is 2.69. The van der Waals surface area contributed by atoms with Crippen LogP contribution in [0.1, 0.15) is 27.6 Å². The Balaban J connectivity index is 1.76. The zero-order valence-corrected chi connectivity index (χ0v) is 14.3. The minimum absolute atomic E-state index is 0.0729. The van der Waals surface area contributed by atoms with Crippen molar-refractivity contribution in [2.45, 2.75) is 6.92 Å². The number of nitrogens with zero attached hydrogens (tertiary/aromatic N) is 1. The van der Waals surface area contributed by atoms with E-state index in [0.29, 0.717) is 11.3 Å². The van der Waals surface area contributed by atoms with Crippen LogP contribution in [0.5, 0.6) is 0 Å². The first-order chi connectivity index (χ1) is 12.9. The van der Waals surface area contributed by atoms with Crippen LogP contribution in [0.4, 0.5) is 25.8 Å². The molecule has 2 N–H and O–H groups in total. The lowest BCUT2D eigenvalue weighted by Crippen LogP contribution is -2.12. The van der Waals surface area contributed by atoms with Crippen LogP contribution in [0.15, 0.2) is 60.9 Å². The minimum Gasteiger partial charge on any atom is -0.349 e. The average molecular weight is 367 g/mol. The van der Waals surface area contributed by atoms with E-state index >= 15 is 0 Å². The molecule has 1 aromatic heterocycles. The third kappa shape index (κ3) is 4.33. The maximum absolute atomic E-state index is 13.7. The fraction of sp³-hybridized carbons (Fsp3) is 0.0500. The van der Waals surface area contributed by atoms with E-state index in [4.69, 9.17) is 0 Å². The number of carbonyl (C=O) groups is 2. The molecule has 0 aliphatic carbocycles. The van der Waals surface area contributed by atoms with Crippen molar-refractivity contribution >= 4 is 28.8 Å². The zero-order valence-electron chi connectivity index (χ0n) is 14.3. The quantitative estimate of drug-likeness (QED) is 0.649. The molecule has 136 valence electrons. The van der Waals surface area contributed by atoms with Crippen molar-refractivity contribution in [2.24, 2.45) is 0 Å². The topological polar surface area (TPSA) is 71.1 Å². The lowest BCUT2D eigenvalue weighted by atomic mass is 10.1. The number of Topliss-reactive ketones (excluding diaryl/α,β-unsaturated/α-hetero) is 1. The second-order valence-corrected chi connectivity index (χ2v) is 5.77. The van der Waals surface area contributed by atoms with E-state index in [1.807, 2.05) is 0 Å². The highest BCUT2D eigenvalue weighted by atomic mass is 19.1. The summed E-state index contributed by atoms with van der Waals surface area (Å²) in [6, 6.07) is 11.4.